The van der Waals surface area contributed by atoms with E-state index in [2.05, 4.69) is 10.6 Å². The molecule has 1 aliphatic heterocycles. The Hall–Kier alpha value is -2.08. The van der Waals surface area contributed by atoms with Crippen molar-refractivity contribution in [3.05, 3.63) is 70.7 Å². The van der Waals surface area contributed by atoms with Crippen LogP contribution in [0.3, 0.4) is 0 Å². The Kier molecular flexibility index (Phi) is 8.96. The first-order chi connectivity index (χ1) is 13.6. The standard InChI is InChI=1S/C22H26ClN3O2.ClH/c1-24-15-17-10-7-13-26(17)21(27)14-20(16-8-3-2-4-9-16)25-22(28)18-11-5-6-12-19(18)23;/h2-6,8-9,11-12,17,20,24H,7,10,13-15H2,1H3,(H,25,28);1H. The molecule has 0 aromatic heterocycles. The summed E-state index contributed by atoms with van der Waals surface area (Å²) in [5.41, 5.74) is 1.31. The lowest BCUT2D eigenvalue weighted by Gasteiger charge is -2.27. The van der Waals surface area contributed by atoms with E-state index in [1.54, 1.807) is 24.3 Å². The maximum Gasteiger partial charge on any atom is 0.253 e. The summed E-state index contributed by atoms with van der Waals surface area (Å²) >= 11 is 6.17. The normalized spacial score (nSPS) is 16.8. The van der Waals surface area contributed by atoms with Crippen LogP contribution >= 0.6 is 24.0 Å². The second kappa shape index (κ2) is 11.2. The summed E-state index contributed by atoms with van der Waals surface area (Å²) in [6, 6.07) is 16.3. The van der Waals surface area contributed by atoms with Gasteiger partial charge in [-0.05, 0) is 37.6 Å². The van der Waals surface area contributed by atoms with Gasteiger partial charge in [-0.2, -0.15) is 0 Å². The van der Waals surface area contributed by atoms with Crippen molar-refractivity contribution in [2.45, 2.75) is 31.3 Å². The molecule has 2 unspecified atom stereocenters. The van der Waals surface area contributed by atoms with Crippen LogP contribution in [0.25, 0.3) is 0 Å². The van der Waals surface area contributed by atoms with Crippen LogP contribution in [-0.4, -0.2) is 42.9 Å². The van der Waals surface area contributed by atoms with Gasteiger partial charge in [-0.1, -0.05) is 54.1 Å². The van der Waals surface area contributed by atoms with Crippen LogP contribution in [0.15, 0.2) is 54.6 Å². The first-order valence-corrected chi connectivity index (χ1v) is 10.0. The summed E-state index contributed by atoms with van der Waals surface area (Å²) in [4.78, 5) is 27.7. The molecule has 2 aromatic rings. The number of likely N-dealkylation sites (tertiary alicyclic amines) is 1. The number of benzene rings is 2. The van der Waals surface area contributed by atoms with Crippen LogP contribution < -0.4 is 10.6 Å². The van der Waals surface area contributed by atoms with Crippen molar-refractivity contribution < 1.29 is 9.59 Å². The van der Waals surface area contributed by atoms with Crippen molar-refractivity contribution in [1.82, 2.24) is 15.5 Å². The van der Waals surface area contributed by atoms with Gasteiger partial charge in [0.15, 0.2) is 0 Å². The summed E-state index contributed by atoms with van der Waals surface area (Å²) in [6.07, 6.45) is 2.25. The number of rotatable bonds is 7. The molecule has 3 rings (SSSR count). The number of carbonyl (C=O) groups is 2. The monoisotopic (exact) mass is 435 g/mol. The van der Waals surface area contributed by atoms with E-state index in [1.165, 1.54) is 0 Å². The highest BCUT2D eigenvalue weighted by Crippen LogP contribution is 2.24. The van der Waals surface area contributed by atoms with Crippen molar-refractivity contribution in [3.63, 3.8) is 0 Å². The number of carbonyl (C=O) groups excluding carboxylic acids is 2. The fourth-order valence-electron chi connectivity index (χ4n) is 3.72. The van der Waals surface area contributed by atoms with E-state index in [4.69, 9.17) is 11.6 Å². The molecule has 0 aliphatic carbocycles. The zero-order valence-electron chi connectivity index (χ0n) is 16.4. The van der Waals surface area contributed by atoms with E-state index in [9.17, 15) is 9.59 Å². The molecule has 156 valence electrons. The molecule has 0 spiro atoms. The lowest BCUT2D eigenvalue weighted by atomic mass is 10.0. The number of amides is 2. The highest BCUT2D eigenvalue weighted by Gasteiger charge is 2.30. The van der Waals surface area contributed by atoms with E-state index in [0.717, 1.165) is 31.5 Å². The lowest BCUT2D eigenvalue weighted by Crippen LogP contribution is -2.42. The quantitative estimate of drug-likeness (QED) is 0.694. The molecule has 1 fully saturated rings. The molecular formula is C22H27Cl2N3O2. The van der Waals surface area contributed by atoms with Crippen LogP contribution in [0.1, 0.15) is 41.2 Å². The predicted octanol–water partition coefficient (Wildman–Crippen LogP) is 3.83. The molecule has 0 bridgehead atoms. The summed E-state index contributed by atoms with van der Waals surface area (Å²) in [5.74, 6) is -0.216. The third kappa shape index (κ3) is 5.95. The molecule has 2 amide bonds. The topological polar surface area (TPSA) is 61.4 Å². The summed E-state index contributed by atoms with van der Waals surface area (Å²) in [7, 11) is 1.90. The molecular weight excluding hydrogens is 409 g/mol. The number of nitrogens with zero attached hydrogens (tertiary/aromatic N) is 1. The summed E-state index contributed by atoms with van der Waals surface area (Å²) < 4.78 is 0. The van der Waals surface area contributed by atoms with Crippen LogP contribution in [0.4, 0.5) is 0 Å². The van der Waals surface area contributed by atoms with E-state index in [-0.39, 0.29) is 36.7 Å². The minimum absolute atomic E-state index is 0. The van der Waals surface area contributed by atoms with E-state index in [0.29, 0.717) is 10.6 Å². The first-order valence-electron chi connectivity index (χ1n) is 9.64. The third-order valence-electron chi connectivity index (χ3n) is 5.14. The van der Waals surface area contributed by atoms with Gasteiger partial charge < -0.3 is 15.5 Å². The number of hydrogen-bond acceptors (Lipinski definition) is 3. The number of likely N-dealkylation sites (N-methyl/N-ethyl adjacent to an activating group) is 1. The number of nitrogens with one attached hydrogen (secondary N) is 2. The van der Waals surface area contributed by atoms with Crippen LogP contribution in [0.2, 0.25) is 5.02 Å². The Morgan fingerprint density at radius 3 is 2.52 bits per heavy atom. The summed E-state index contributed by atoms with van der Waals surface area (Å²) in [6.45, 7) is 1.55. The van der Waals surface area contributed by atoms with Crippen LogP contribution in [-0.2, 0) is 4.79 Å². The largest absolute Gasteiger partial charge is 0.345 e. The Morgan fingerprint density at radius 2 is 1.83 bits per heavy atom. The Morgan fingerprint density at radius 1 is 1.14 bits per heavy atom. The predicted molar refractivity (Wildman–Crippen MR) is 119 cm³/mol. The smallest absolute Gasteiger partial charge is 0.253 e. The van der Waals surface area contributed by atoms with E-state index >= 15 is 0 Å². The minimum Gasteiger partial charge on any atom is -0.345 e. The SMILES string of the molecule is CNCC1CCCN1C(=O)CC(NC(=O)c1ccccc1Cl)c1ccccc1.Cl. The Bertz CT molecular complexity index is 817. The highest BCUT2D eigenvalue weighted by atomic mass is 35.5. The Balaban J connectivity index is 0.00000300. The highest BCUT2D eigenvalue weighted by molar-refractivity contribution is 6.33. The van der Waals surface area contributed by atoms with Gasteiger partial charge in [0.05, 0.1) is 23.0 Å². The van der Waals surface area contributed by atoms with Gasteiger partial charge in [0.2, 0.25) is 5.91 Å². The van der Waals surface area contributed by atoms with Gasteiger partial charge in [0, 0.05) is 19.1 Å². The molecule has 1 saturated heterocycles. The lowest BCUT2D eigenvalue weighted by molar-refractivity contribution is -0.132. The fourth-order valence-corrected chi connectivity index (χ4v) is 3.94. The third-order valence-corrected chi connectivity index (χ3v) is 5.47. The van der Waals surface area contributed by atoms with E-state index < -0.39 is 6.04 Å². The maximum absolute atomic E-state index is 13.0. The molecule has 7 heteroatoms. The average molecular weight is 436 g/mol. The second-order valence-electron chi connectivity index (χ2n) is 7.06. The maximum atomic E-state index is 13.0. The van der Waals surface area contributed by atoms with Crippen molar-refractivity contribution in [3.8, 4) is 0 Å². The zero-order chi connectivity index (χ0) is 19.9. The van der Waals surface area contributed by atoms with Crippen LogP contribution in [0.5, 0.6) is 0 Å². The molecule has 0 saturated carbocycles. The molecule has 5 nitrogen and oxygen atoms in total. The molecule has 1 aliphatic rings. The van der Waals surface area contributed by atoms with Crippen LogP contribution in [0, 0.1) is 0 Å². The second-order valence-corrected chi connectivity index (χ2v) is 7.47. The minimum atomic E-state index is -0.409. The van der Waals surface area contributed by atoms with Gasteiger partial charge in [-0.3, -0.25) is 9.59 Å². The zero-order valence-corrected chi connectivity index (χ0v) is 18.0. The molecule has 2 atom stereocenters. The van der Waals surface area contributed by atoms with Gasteiger partial charge in [0.1, 0.15) is 0 Å². The van der Waals surface area contributed by atoms with Gasteiger partial charge in [-0.25, -0.2) is 0 Å². The first kappa shape index (κ1) is 23.2. The van der Waals surface area contributed by atoms with Crippen molar-refractivity contribution in [2.24, 2.45) is 0 Å². The Labute approximate surface area is 183 Å². The van der Waals surface area contributed by atoms with Crippen molar-refractivity contribution >= 4 is 35.8 Å². The van der Waals surface area contributed by atoms with Gasteiger partial charge in [-0.15, -0.1) is 12.4 Å². The number of hydrogen-bond donors (Lipinski definition) is 2. The molecule has 29 heavy (non-hydrogen) atoms. The molecule has 2 N–H and O–H groups in total. The van der Waals surface area contributed by atoms with Gasteiger partial charge in [0.25, 0.3) is 5.91 Å². The average Bonchev–Trinajstić information content (AvgIpc) is 3.17. The van der Waals surface area contributed by atoms with E-state index in [1.807, 2.05) is 42.3 Å². The molecule has 2 aromatic carbocycles. The molecule has 1 heterocycles. The number of halogens is 2. The van der Waals surface area contributed by atoms with Crippen molar-refractivity contribution in [1.29, 1.82) is 0 Å². The van der Waals surface area contributed by atoms with Crippen molar-refractivity contribution in [2.75, 3.05) is 20.1 Å². The fraction of sp³-hybridized carbons (Fsp3) is 0.364. The molecule has 0 radical (unpaired) electrons. The van der Waals surface area contributed by atoms with Gasteiger partial charge >= 0.3 is 0 Å². The summed E-state index contributed by atoms with van der Waals surface area (Å²) in [5, 5.41) is 6.56.